The minimum atomic E-state index is -0.239. The van der Waals surface area contributed by atoms with Crippen LogP contribution in [0.4, 0.5) is 5.69 Å². The topological polar surface area (TPSA) is 50.7 Å². The Balaban J connectivity index is 1.60. The second-order valence-corrected chi connectivity index (χ2v) is 6.77. The van der Waals surface area contributed by atoms with Crippen LogP contribution < -0.4 is 5.32 Å². The first kappa shape index (κ1) is 18.8. The monoisotopic (exact) mass is 400 g/mol. The van der Waals surface area contributed by atoms with Gasteiger partial charge in [-0.25, -0.2) is 4.99 Å². The molecule has 0 bridgehead atoms. The van der Waals surface area contributed by atoms with Crippen LogP contribution in [-0.4, -0.2) is 25.0 Å². The molecule has 0 saturated carbocycles. The fourth-order valence-corrected chi connectivity index (χ4v) is 3.06. The zero-order chi connectivity index (χ0) is 20.1. The molecule has 0 atom stereocenters. The predicted molar refractivity (Wildman–Crippen MR) is 116 cm³/mol. The van der Waals surface area contributed by atoms with Crippen molar-refractivity contribution in [1.29, 1.82) is 0 Å². The van der Waals surface area contributed by atoms with Gasteiger partial charge in [0.1, 0.15) is 6.61 Å². The molecular formula is C24H17ClN2O2. The Morgan fingerprint density at radius 3 is 2.52 bits per heavy atom. The maximum Gasteiger partial charge on any atom is 0.256 e. The van der Waals surface area contributed by atoms with Crippen LogP contribution in [0, 0.1) is 11.8 Å². The van der Waals surface area contributed by atoms with Gasteiger partial charge in [-0.15, -0.1) is 0 Å². The molecule has 142 valence electrons. The van der Waals surface area contributed by atoms with E-state index < -0.39 is 0 Å². The van der Waals surface area contributed by atoms with Crippen molar-refractivity contribution in [3.63, 3.8) is 0 Å². The van der Waals surface area contributed by atoms with Gasteiger partial charge in [-0.2, -0.15) is 0 Å². The van der Waals surface area contributed by atoms with Crippen LogP contribution in [0.25, 0.3) is 0 Å². The molecule has 0 radical (unpaired) electrons. The van der Waals surface area contributed by atoms with E-state index in [9.17, 15) is 4.79 Å². The number of aliphatic imine (C=N–C) groups is 1. The second-order valence-electron chi connectivity index (χ2n) is 6.34. The highest BCUT2D eigenvalue weighted by Gasteiger charge is 2.17. The van der Waals surface area contributed by atoms with Crippen molar-refractivity contribution < 1.29 is 9.53 Å². The van der Waals surface area contributed by atoms with Crippen molar-refractivity contribution in [2.45, 2.75) is 0 Å². The van der Waals surface area contributed by atoms with Gasteiger partial charge in [-0.3, -0.25) is 4.79 Å². The molecule has 0 saturated heterocycles. The smallest absolute Gasteiger partial charge is 0.256 e. The van der Waals surface area contributed by atoms with Crippen molar-refractivity contribution in [3.05, 3.63) is 100 Å². The molecular weight excluding hydrogens is 384 g/mol. The second kappa shape index (κ2) is 8.64. The fraction of sp³-hybridized carbons (Fsp3) is 0.0833. The number of amides is 1. The molecule has 0 aromatic heterocycles. The number of halogens is 1. The number of nitrogens with zero attached hydrogens (tertiary/aromatic N) is 1. The molecule has 4 nitrogen and oxygen atoms in total. The van der Waals surface area contributed by atoms with E-state index in [1.165, 1.54) is 0 Å². The Morgan fingerprint density at radius 1 is 0.966 bits per heavy atom. The first-order valence-electron chi connectivity index (χ1n) is 9.15. The third-order valence-corrected chi connectivity index (χ3v) is 4.60. The van der Waals surface area contributed by atoms with Crippen LogP contribution in [0.2, 0.25) is 5.02 Å². The maximum atomic E-state index is 13.0. The number of carbonyl (C=O) groups is 1. The summed E-state index contributed by atoms with van der Waals surface area (Å²) in [5.41, 5.74) is 3.39. The molecule has 29 heavy (non-hydrogen) atoms. The number of nitrogens with one attached hydrogen (secondary N) is 1. The number of para-hydroxylation sites is 1. The number of hydrogen-bond donors (Lipinski definition) is 1. The van der Waals surface area contributed by atoms with Crippen LogP contribution in [0.3, 0.4) is 0 Å². The van der Waals surface area contributed by atoms with E-state index in [1.807, 2.05) is 54.6 Å². The van der Waals surface area contributed by atoms with E-state index in [2.05, 4.69) is 22.2 Å². The number of anilines is 1. The van der Waals surface area contributed by atoms with Gasteiger partial charge in [0.15, 0.2) is 0 Å². The average molecular weight is 401 g/mol. The summed E-state index contributed by atoms with van der Waals surface area (Å²) in [5, 5.41) is 3.62. The van der Waals surface area contributed by atoms with Crippen LogP contribution in [0.5, 0.6) is 0 Å². The lowest BCUT2D eigenvalue weighted by molar-refractivity contribution is 0.102. The minimum absolute atomic E-state index is 0.239. The molecule has 0 aliphatic carbocycles. The van der Waals surface area contributed by atoms with Gasteiger partial charge in [0.05, 0.1) is 23.4 Å². The number of hydrogen-bond acceptors (Lipinski definition) is 3. The number of carbonyl (C=O) groups excluding carboxylic acids is 1. The summed E-state index contributed by atoms with van der Waals surface area (Å²) in [6.07, 6.45) is 0. The molecule has 4 rings (SSSR count). The number of benzene rings is 3. The highest BCUT2D eigenvalue weighted by Crippen LogP contribution is 2.20. The van der Waals surface area contributed by atoms with Gasteiger partial charge in [-0.05, 0) is 48.5 Å². The SMILES string of the molecule is O=C(Nc1ccccc1C1=NCCO1)c1ccccc1C#Cc1ccc(Cl)cc1. The standard InChI is InChI=1S/C24H17ClN2O2/c25-19-13-10-17(11-14-19)9-12-18-5-1-2-6-20(18)23(28)27-22-8-4-3-7-21(22)24-26-15-16-29-24/h1-8,10-11,13-14H,15-16H2,(H,27,28). The van der Waals surface area contributed by atoms with Gasteiger partial charge in [-0.1, -0.05) is 47.7 Å². The molecule has 5 heteroatoms. The Bertz CT molecular complexity index is 1140. The summed E-state index contributed by atoms with van der Waals surface area (Å²) in [6, 6.07) is 22.0. The lowest BCUT2D eigenvalue weighted by Gasteiger charge is -2.11. The fourth-order valence-electron chi connectivity index (χ4n) is 2.93. The highest BCUT2D eigenvalue weighted by atomic mass is 35.5. The summed E-state index contributed by atoms with van der Waals surface area (Å²) in [6.45, 7) is 1.18. The Hall–Kier alpha value is -3.55. The lowest BCUT2D eigenvalue weighted by Crippen LogP contribution is -2.16. The van der Waals surface area contributed by atoms with Crippen molar-refractivity contribution in [1.82, 2.24) is 0 Å². The van der Waals surface area contributed by atoms with Crippen molar-refractivity contribution in [3.8, 4) is 11.8 Å². The normalized spacial score (nSPS) is 12.4. The van der Waals surface area contributed by atoms with Crippen molar-refractivity contribution >= 4 is 29.1 Å². The van der Waals surface area contributed by atoms with Gasteiger partial charge in [0, 0.05) is 16.1 Å². The summed E-state index contributed by atoms with van der Waals surface area (Å²) < 4.78 is 5.55. The van der Waals surface area contributed by atoms with Gasteiger partial charge in [0.2, 0.25) is 5.90 Å². The molecule has 3 aromatic rings. The Morgan fingerprint density at radius 2 is 1.72 bits per heavy atom. The van der Waals surface area contributed by atoms with Crippen LogP contribution in [-0.2, 0) is 4.74 Å². The van der Waals surface area contributed by atoms with Gasteiger partial charge in [0.25, 0.3) is 5.91 Å². The summed E-state index contributed by atoms with van der Waals surface area (Å²) >= 11 is 5.91. The molecule has 1 N–H and O–H groups in total. The van der Waals surface area contributed by atoms with Crippen LogP contribution >= 0.6 is 11.6 Å². The molecule has 3 aromatic carbocycles. The van der Waals surface area contributed by atoms with Crippen molar-refractivity contribution in [2.75, 3.05) is 18.5 Å². The summed E-state index contributed by atoms with van der Waals surface area (Å²) in [7, 11) is 0. The summed E-state index contributed by atoms with van der Waals surface area (Å²) in [5.74, 6) is 6.47. The largest absolute Gasteiger partial charge is 0.475 e. The van der Waals surface area contributed by atoms with Gasteiger partial charge >= 0.3 is 0 Å². The molecule has 1 aliphatic rings. The molecule has 0 spiro atoms. The molecule has 0 unspecified atom stereocenters. The highest BCUT2D eigenvalue weighted by molar-refractivity contribution is 6.30. The Kier molecular flexibility index (Phi) is 5.60. The van der Waals surface area contributed by atoms with Crippen LogP contribution in [0.15, 0.2) is 77.8 Å². The third-order valence-electron chi connectivity index (χ3n) is 4.35. The first-order chi connectivity index (χ1) is 14.2. The van der Waals surface area contributed by atoms with Gasteiger partial charge < -0.3 is 10.1 Å². The lowest BCUT2D eigenvalue weighted by atomic mass is 10.1. The van der Waals surface area contributed by atoms with E-state index >= 15 is 0 Å². The average Bonchev–Trinajstić information content (AvgIpc) is 3.29. The molecule has 1 heterocycles. The van der Waals surface area contributed by atoms with E-state index in [1.54, 1.807) is 18.2 Å². The number of rotatable bonds is 3. The number of ether oxygens (including phenoxy) is 1. The quantitative estimate of drug-likeness (QED) is 0.644. The maximum absolute atomic E-state index is 13.0. The molecule has 1 aliphatic heterocycles. The van der Waals surface area contributed by atoms with E-state index in [0.29, 0.717) is 40.9 Å². The molecule has 0 fully saturated rings. The van der Waals surface area contributed by atoms with Crippen molar-refractivity contribution in [2.24, 2.45) is 4.99 Å². The minimum Gasteiger partial charge on any atom is -0.475 e. The third kappa shape index (κ3) is 4.48. The van der Waals surface area contributed by atoms with E-state index in [4.69, 9.17) is 16.3 Å². The van der Waals surface area contributed by atoms with Crippen LogP contribution in [0.1, 0.15) is 27.0 Å². The Labute approximate surface area is 174 Å². The van der Waals surface area contributed by atoms with E-state index in [-0.39, 0.29) is 5.91 Å². The zero-order valence-electron chi connectivity index (χ0n) is 15.5. The molecule has 1 amide bonds. The van der Waals surface area contributed by atoms with E-state index in [0.717, 1.165) is 11.1 Å². The first-order valence-corrected chi connectivity index (χ1v) is 9.53. The summed E-state index contributed by atoms with van der Waals surface area (Å²) in [4.78, 5) is 17.3. The zero-order valence-corrected chi connectivity index (χ0v) is 16.2. The predicted octanol–water partition coefficient (Wildman–Crippen LogP) is 4.77.